The Morgan fingerprint density at radius 1 is 1.12 bits per heavy atom. The lowest BCUT2D eigenvalue weighted by molar-refractivity contribution is 0.0599. The molecule has 0 spiro atoms. The molecular formula is C18H19NO5. The van der Waals surface area contributed by atoms with Gasteiger partial charge in [-0.25, -0.2) is 9.59 Å². The normalized spacial score (nSPS) is 10.2. The molecule has 6 nitrogen and oxygen atoms in total. The molecule has 0 radical (unpaired) electrons. The highest BCUT2D eigenvalue weighted by molar-refractivity contribution is 5.97. The number of hydrogen-bond donors (Lipinski definition) is 1. The Morgan fingerprint density at radius 3 is 2.29 bits per heavy atom. The number of ether oxygens (including phenoxy) is 2. The second kappa shape index (κ2) is 8.12. The van der Waals surface area contributed by atoms with Crippen LogP contribution >= 0.6 is 0 Å². The zero-order chi connectivity index (χ0) is 17.5. The Labute approximate surface area is 140 Å². The predicted octanol–water partition coefficient (Wildman–Crippen LogP) is 2.80. The molecule has 0 unspecified atom stereocenters. The zero-order valence-corrected chi connectivity index (χ0v) is 13.6. The largest absolute Gasteiger partial charge is 0.465 e. The summed E-state index contributed by atoms with van der Waals surface area (Å²) in [6.07, 6.45) is 1.76. The Kier molecular flexibility index (Phi) is 5.92. The third kappa shape index (κ3) is 4.11. The molecule has 6 heteroatoms. The monoisotopic (exact) mass is 329 g/mol. The molecule has 24 heavy (non-hydrogen) atoms. The highest BCUT2D eigenvalue weighted by atomic mass is 16.5. The molecule has 1 aromatic heterocycles. The maximum absolute atomic E-state index is 11.8. The Hall–Kier alpha value is -2.86. The van der Waals surface area contributed by atoms with Crippen molar-refractivity contribution in [1.29, 1.82) is 0 Å². The van der Waals surface area contributed by atoms with E-state index in [0.29, 0.717) is 24.4 Å². The van der Waals surface area contributed by atoms with Crippen molar-refractivity contribution in [1.82, 2.24) is 5.32 Å². The number of rotatable bonds is 7. The van der Waals surface area contributed by atoms with E-state index in [1.165, 1.54) is 20.3 Å². The summed E-state index contributed by atoms with van der Waals surface area (Å²) in [5.41, 5.74) is 1.09. The molecule has 0 saturated heterocycles. The molecule has 0 bridgehead atoms. The average molecular weight is 329 g/mol. The fourth-order valence-electron chi connectivity index (χ4n) is 2.17. The minimum atomic E-state index is -0.540. The number of hydrogen-bond acceptors (Lipinski definition) is 6. The van der Waals surface area contributed by atoms with Crippen LogP contribution in [0.5, 0.6) is 0 Å². The summed E-state index contributed by atoms with van der Waals surface area (Å²) in [6.45, 7) is 4.85. The van der Waals surface area contributed by atoms with Crippen LogP contribution in [-0.2, 0) is 16.0 Å². The van der Waals surface area contributed by atoms with Gasteiger partial charge in [-0.2, -0.15) is 0 Å². The van der Waals surface area contributed by atoms with Gasteiger partial charge >= 0.3 is 11.9 Å². The standard InChI is InChI=1S/C18H19NO5/c1-4-7-19-11-15-5-6-16(24-15)12-8-13(17(20)22-2)10-14(9-12)18(21)23-3/h4-6,8-10,19H,1,7,11H2,2-3H3. The quantitative estimate of drug-likeness (QED) is 0.478. The van der Waals surface area contributed by atoms with E-state index in [4.69, 9.17) is 13.9 Å². The third-order valence-electron chi connectivity index (χ3n) is 3.31. The second-order valence-electron chi connectivity index (χ2n) is 4.97. The predicted molar refractivity (Wildman–Crippen MR) is 88.7 cm³/mol. The first-order valence-corrected chi connectivity index (χ1v) is 7.31. The zero-order valence-electron chi connectivity index (χ0n) is 13.6. The first-order valence-electron chi connectivity index (χ1n) is 7.31. The highest BCUT2D eigenvalue weighted by Crippen LogP contribution is 2.25. The molecule has 1 heterocycles. The van der Waals surface area contributed by atoms with Gasteiger partial charge in [0.1, 0.15) is 11.5 Å². The SMILES string of the molecule is C=CCNCc1ccc(-c2cc(C(=O)OC)cc(C(=O)OC)c2)o1. The Bertz CT molecular complexity index is 713. The van der Waals surface area contributed by atoms with Crippen molar-refractivity contribution >= 4 is 11.9 Å². The molecule has 2 rings (SSSR count). The van der Waals surface area contributed by atoms with Gasteiger partial charge in [0, 0.05) is 12.1 Å². The summed E-state index contributed by atoms with van der Waals surface area (Å²) in [5.74, 6) is 0.194. The minimum Gasteiger partial charge on any atom is -0.465 e. The summed E-state index contributed by atoms with van der Waals surface area (Å²) in [6, 6.07) is 8.25. The van der Waals surface area contributed by atoms with Crippen LogP contribution in [0, 0.1) is 0 Å². The summed E-state index contributed by atoms with van der Waals surface area (Å²) >= 11 is 0. The highest BCUT2D eigenvalue weighted by Gasteiger charge is 2.16. The average Bonchev–Trinajstić information content (AvgIpc) is 3.09. The van der Waals surface area contributed by atoms with Gasteiger partial charge in [-0.15, -0.1) is 6.58 Å². The second-order valence-corrected chi connectivity index (χ2v) is 4.97. The van der Waals surface area contributed by atoms with Crippen LogP contribution in [0.15, 0.2) is 47.4 Å². The van der Waals surface area contributed by atoms with Gasteiger partial charge in [0.15, 0.2) is 0 Å². The van der Waals surface area contributed by atoms with Gasteiger partial charge < -0.3 is 19.2 Å². The molecule has 0 atom stereocenters. The number of furan rings is 1. The van der Waals surface area contributed by atoms with Gasteiger partial charge in [0.05, 0.1) is 31.9 Å². The van der Waals surface area contributed by atoms with E-state index in [2.05, 4.69) is 11.9 Å². The molecule has 126 valence electrons. The van der Waals surface area contributed by atoms with Crippen molar-refractivity contribution in [3.8, 4) is 11.3 Å². The summed E-state index contributed by atoms with van der Waals surface area (Å²) in [7, 11) is 2.56. The third-order valence-corrected chi connectivity index (χ3v) is 3.31. The van der Waals surface area contributed by atoms with E-state index >= 15 is 0 Å². The van der Waals surface area contributed by atoms with Crippen molar-refractivity contribution in [3.05, 3.63) is 59.9 Å². The van der Waals surface area contributed by atoms with Gasteiger partial charge in [-0.1, -0.05) is 6.08 Å². The van der Waals surface area contributed by atoms with Gasteiger partial charge in [-0.05, 0) is 30.3 Å². The van der Waals surface area contributed by atoms with E-state index in [9.17, 15) is 9.59 Å². The number of benzene rings is 1. The van der Waals surface area contributed by atoms with Crippen molar-refractivity contribution < 1.29 is 23.5 Å². The molecule has 1 aromatic carbocycles. The van der Waals surface area contributed by atoms with Crippen molar-refractivity contribution in [2.24, 2.45) is 0 Å². The summed E-state index contributed by atoms with van der Waals surface area (Å²) in [5, 5.41) is 3.13. The first-order chi connectivity index (χ1) is 11.6. The number of esters is 2. The smallest absolute Gasteiger partial charge is 0.337 e. The Balaban J connectivity index is 2.36. The van der Waals surface area contributed by atoms with Crippen molar-refractivity contribution in [2.45, 2.75) is 6.54 Å². The number of nitrogens with one attached hydrogen (secondary N) is 1. The summed E-state index contributed by atoms with van der Waals surface area (Å²) in [4.78, 5) is 23.6. The van der Waals surface area contributed by atoms with Crippen LogP contribution in [0.4, 0.5) is 0 Å². The van der Waals surface area contributed by atoms with Crippen LogP contribution in [0.2, 0.25) is 0 Å². The maximum atomic E-state index is 11.8. The molecule has 0 aliphatic rings. The number of methoxy groups -OCH3 is 2. The van der Waals surface area contributed by atoms with Crippen LogP contribution in [0.1, 0.15) is 26.5 Å². The van der Waals surface area contributed by atoms with Crippen LogP contribution in [0.3, 0.4) is 0 Å². The lowest BCUT2D eigenvalue weighted by atomic mass is 10.0. The molecule has 0 saturated carbocycles. The van der Waals surface area contributed by atoms with E-state index in [1.807, 2.05) is 6.07 Å². The van der Waals surface area contributed by atoms with Crippen LogP contribution < -0.4 is 5.32 Å². The number of carbonyl (C=O) groups is 2. The number of carbonyl (C=O) groups excluding carboxylic acids is 2. The lowest BCUT2D eigenvalue weighted by Gasteiger charge is -2.06. The van der Waals surface area contributed by atoms with Crippen LogP contribution in [0.25, 0.3) is 11.3 Å². The fourth-order valence-corrected chi connectivity index (χ4v) is 2.17. The molecule has 2 aromatic rings. The molecular weight excluding hydrogens is 310 g/mol. The van der Waals surface area contributed by atoms with Gasteiger partial charge in [0.2, 0.25) is 0 Å². The molecule has 0 fully saturated rings. The van der Waals surface area contributed by atoms with E-state index in [1.54, 1.807) is 24.3 Å². The fraction of sp³-hybridized carbons (Fsp3) is 0.222. The van der Waals surface area contributed by atoms with Crippen molar-refractivity contribution in [3.63, 3.8) is 0 Å². The topological polar surface area (TPSA) is 77.8 Å². The van der Waals surface area contributed by atoms with Crippen molar-refractivity contribution in [2.75, 3.05) is 20.8 Å². The van der Waals surface area contributed by atoms with E-state index in [0.717, 1.165) is 5.76 Å². The van der Waals surface area contributed by atoms with Gasteiger partial charge in [0.25, 0.3) is 0 Å². The van der Waals surface area contributed by atoms with Crippen LogP contribution in [-0.4, -0.2) is 32.7 Å². The molecule has 0 aliphatic carbocycles. The minimum absolute atomic E-state index is 0.248. The van der Waals surface area contributed by atoms with E-state index < -0.39 is 11.9 Å². The van der Waals surface area contributed by atoms with E-state index in [-0.39, 0.29) is 11.1 Å². The Morgan fingerprint density at radius 2 is 1.75 bits per heavy atom. The molecule has 0 amide bonds. The maximum Gasteiger partial charge on any atom is 0.337 e. The lowest BCUT2D eigenvalue weighted by Crippen LogP contribution is -2.11. The summed E-state index contributed by atoms with van der Waals surface area (Å²) < 4.78 is 15.2. The molecule has 1 N–H and O–H groups in total. The molecule has 0 aliphatic heterocycles. The first kappa shape index (κ1) is 17.5. The van der Waals surface area contributed by atoms with Gasteiger partial charge in [-0.3, -0.25) is 0 Å².